The van der Waals surface area contributed by atoms with Gasteiger partial charge in [-0.1, -0.05) is 36.1 Å². The van der Waals surface area contributed by atoms with Crippen LogP contribution >= 0.6 is 0 Å². The lowest BCUT2D eigenvalue weighted by atomic mass is 10.1. The smallest absolute Gasteiger partial charge is 0.125 e. The van der Waals surface area contributed by atoms with E-state index in [2.05, 4.69) is 17.9 Å². The van der Waals surface area contributed by atoms with E-state index in [0.29, 0.717) is 16.9 Å². The second kappa shape index (κ2) is 4.84. The van der Waals surface area contributed by atoms with Crippen LogP contribution in [0.4, 0.5) is 5.82 Å². The summed E-state index contributed by atoms with van der Waals surface area (Å²) in [4.78, 5) is 0. The van der Waals surface area contributed by atoms with Crippen LogP contribution in [0.5, 0.6) is 0 Å². The number of anilines is 1. The molecule has 3 nitrogen and oxygen atoms in total. The quantitative estimate of drug-likeness (QED) is 0.629. The molecule has 1 aromatic carbocycles. The molecule has 0 unspecified atom stereocenters. The monoisotopic (exact) mass is 257 g/mol. The molecular formula is C17H11N3. The second-order valence-electron chi connectivity index (χ2n) is 4.32. The van der Waals surface area contributed by atoms with E-state index in [0.717, 1.165) is 11.1 Å². The third kappa shape index (κ3) is 1.88. The normalized spacial score (nSPS) is 9.75. The fourth-order valence-electron chi connectivity index (χ4n) is 2.13. The van der Waals surface area contributed by atoms with Crippen LogP contribution in [0.2, 0.25) is 0 Å². The Bertz CT molecular complexity index is 871. The van der Waals surface area contributed by atoms with Gasteiger partial charge in [-0.15, -0.1) is 0 Å². The number of nitriles is 1. The van der Waals surface area contributed by atoms with Crippen LogP contribution in [-0.4, -0.2) is 4.40 Å². The fraction of sp³-hybridized carbons (Fsp3) is 0. The second-order valence-corrected chi connectivity index (χ2v) is 4.32. The molecule has 3 heteroatoms. The Morgan fingerprint density at radius 2 is 1.65 bits per heavy atom. The number of nitrogens with two attached hydrogens (primary N) is 1. The first-order valence-corrected chi connectivity index (χ1v) is 6.17. The molecule has 0 amide bonds. The Morgan fingerprint density at radius 3 is 2.40 bits per heavy atom. The van der Waals surface area contributed by atoms with E-state index in [1.54, 1.807) is 4.40 Å². The number of pyridine rings is 1. The topological polar surface area (TPSA) is 54.2 Å². The minimum atomic E-state index is 0.501. The minimum absolute atomic E-state index is 0.501. The average molecular weight is 257 g/mol. The molecule has 2 N–H and O–H groups in total. The van der Waals surface area contributed by atoms with Gasteiger partial charge in [0, 0.05) is 11.8 Å². The van der Waals surface area contributed by atoms with Gasteiger partial charge >= 0.3 is 0 Å². The number of hydrogen-bond donors (Lipinski definition) is 1. The Balaban J connectivity index is 2.21. The first-order valence-electron chi connectivity index (χ1n) is 6.17. The third-order valence-corrected chi connectivity index (χ3v) is 3.10. The Labute approximate surface area is 116 Å². The van der Waals surface area contributed by atoms with E-state index >= 15 is 0 Å². The van der Waals surface area contributed by atoms with E-state index in [9.17, 15) is 5.26 Å². The van der Waals surface area contributed by atoms with Gasteiger partial charge in [-0.3, -0.25) is 0 Å². The van der Waals surface area contributed by atoms with Crippen molar-refractivity contribution < 1.29 is 0 Å². The zero-order valence-corrected chi connectivity index (χ0v) is 10.7. The van der Waals surface area contributed by atoms with Crippen LogP contribution in [0.3, 0.4) is 0 Å². The summed E-state index contributed by atoms with van der Waals surface area (Å²) < 4.78 is 1.79. The summed E-state index contributed by atoms with van der Waals surface area (Å²) in [6, 6.07) is 17.4. The molecular weight excluding hydrogens is 246 g/mol. The fourth-order valence-corrected chi connectivity index (χ4v) is 2.13. The van der Waals surface area contributed by atoms with Crippen LogP contribution in [0.25, 0.3) is 5.52 Å². The van der Waals surface area contributed by atoms with Gasteiger partial charge in [0.2, 0.25) is 0 Å². The summed E-state index contributed by atoms with van der Waals surface area (Å²) in [6.45, 7) is 0. The number of hydrogen-bond acceptors (Lipinski definition) is 2. The molecule has 20 heavy (non-hydrogen) atoms. The lowest BCUT2D eigenvalue weighted by Crippen LogP contribution is -1.93. The predicted octanol–water partition coefficient (Wildman–Crippen LogP) is 2.79. The summed E-state index contributed by atoms with van der Waals surface area (Å²) in [5.41, 5.74) is 8.87. The zero-order chi connectivity index (χ0) is 13.9. The maximum absolute atomic E-state index is 9.34. The third-order valence-electron chi connectivity index (χ3n) is 3.10. The van der Waals surface area contributed by atoms with E-state index in [1.807, 2.05) is 54.7 Å². The van der Waals surface area contributed by atoms with Crippen molar-refractivity contribution in [1.29, 1.82) is 5.26 Å². The SMILES string of the molecule is N#Cc1c(C#Cc2ccccc2)c(N)n2ccccc12. The van der Waals surface area contributed by atoms with Gasteiger partial charge in [0.1, 0.15) is 11.9 Å². The van der Waals surface area contributed by atoms with Crippen molar-refractivity contribution in [2.45, 2.75) is 0 Å². The summed E-state index contributed by atoms with van der Waals surface area (Å²) in [6.07, 6.45) is 1.83. The molecule has 0 fully saturated rings. The van der Waals surface area contributed by atoms with Gasteiger partial charge in [0.15, 0.2) is 0 Å². The first kappa shape index (κ1) is 11.9. The maximum Gasteiger partial charge on any atom is 0.125 e. The summed E-state index contributed by atoms with van der Waals surface area (Å²) in [5.74, 6) is 6.56. The molecule has 3 rings (SSSR count). The van der Waals surface area contributed by atoms with Gasteiger partial charge in [0.05, 0.1) is 16.6 Å². The van der Waals surface area contributed by atoms with Crippen molar-refractivity contribution in [3.8, 4) is 17.9 Å². The highest BCUT2D eigenvalue weighted by Crippen LogP contribution is 2.24. The molecule has 2 aromatic heterocycles. The van der Waals surface area contributed by atoms with Crippen molar-refractivity contribution in [3.63, 3.8) is 0 Å². The Morgan fingerprint density at radius 1 is 0.900 bits per heavy atom. The first-order chi connectivity index (χ1) is 9.81. The molecule has 0 saturated carbocycles. The number of fused-ring (bicyclic) bond motifs is 1. The number of nitrogens with zero attached hydrogens (tertiary/aromatic N) is 2. The number of benzene rings is 1. The molecule has 0 bridgehead atoms. The molecule has 3 aromatic rings. The lowest BCUT2D eigenvalue weighted by Gasteiger charge is -1.94. The summed E-state index contributed by atoms with van der Waals surface area (Å²) >= 11 is 0. The van der Waals surface area contributed by atoms with Gasteiger partial charge in [0.25, 0.3) is 0 Å². The van der Waals surface area contributed by atoms with Crippen LogP contribution in [0.15, 0.2) is 54.7 Å². The van der Waals surface area contributed by atoms with Crippen LogP contribution in [0.1, 0.15) is 16.7 Å². The van der Waals surface area contributed by atoms with E-state index in [-0.39, 0.29) is 0 Å². The molecule has 0 aliphatic carbocycles. The van der Waals surface area contributed by atoms with Crippen molar-refractivity contribution in [2.24, 2.45) is 0 Å². The lowest BCUT2D eigenvalue weighted by molar-refractivity contribution is 1.21. The molecule has 2 heterocycles. The minimum Gasteiger partial charge on any atom is -0.384 e. The van der Waals surface area contributed by atoms with E-state index < -0.39 is 0 Å². The van der Waals surface area contributed by atoms with Crippen molar-refractivity contribution in [3.05, 3.63) is 71.4 Å². The Kier molecular flexibility index (Phi) is 2.88. The molecule has 0 spiro atoms. The van der Waals surface area contributed by atoms with Crippen LogP contribution < -0.4 is 5.73 Å². The van der Waals surface area contributed by atoms with Gasteiger partial charge in [-0.2, -0.15) is 5.26 Å². The number of rotatable bonds is 0. The standard InChI is InChI=1S/C17H11N3/c18-12-15-14(10-9-13-6-2-1-3-7-13)17(19)20-11-5-4-8-16(15)20/h1-8,11H,19H2. The highest BCUT2D eigenvalue weighted by Gasteiger charge is 2.13. The van der Waals surface area contributed by atoms with Gasteiger partial charge < -0.3 is 10.1 Å². The highest BCUT2D eigenvalue weighted by molar-refractivity contribution is 5.77. The van der Waals surface area contributed by atoms with Gasteiger partial charge in [-0.05, 0) is 24.3 Å². The van der Waals surface area contributed by atoms with Crippen molar-refractivity contribution >= 4 is 11.3 Å². The van der Waals surface area contributed by atoms with E-state index in [1.165, 1.54) is 0 Å². The summed E-state index contributed by atoms with van der Waals surface area (Å²) in [5, 5.41) is 9.34. The van der Waals surface area contributed by atoms with Crippen molar-refractivity contribution in [2.75, 3.05) is 5.73 Å². The molecule has 0 aliphatic rings. The molecule has 0 radical (unpaired) electrons. The predicted molar refractivity (Wildman–Crippen MR) is 78.9 cm³/mol. The van der Waals surface area contributed by atoms with Crippen LogP contribution in [0, 0.1) is 23.2 Å². The Hall–Kier alpha value is -3.17. The van der Waals surface area contributed by atoms with E-state index in [4.69, 9.17) is 5.73 Å². The molecule has 0 atom stereocenters. The van der Waals surface area contributed by atoms with Gasteiger partial charge in [-0.25, -0.2) is 0 Å². The van der Waals surface area contributed by atoms with Crippen LogP contribution in [-0.2, 0) is 0 Å². The van der Waals surface area contributed by atoms with Crippen molar-refractivity contribution in [1.82, 2.24) is 4.40 Å². The molecule has 94 valence electrons. The summed E-state index contributed by atoms with van der Waals surface area (Å²) in [7, 11) is 0. The number of nitrogen functional groups attached to an aromatic ring is 1. The number of aromatic nitrogens is 1. The zero-order valence-electron chi connectivity index (χ0n) is 10.7. The molecule has 0 saturated heterocycles. The highest BCUT2D eigenvalue weighted by atomic mass is 15.0. The maximum atomic E-state index is 9.34. The largest absolute Gasteiger partial charge is 0.384 e. The average Bonchev–Trinajstić information content (AvgIpc) is 2.78. The molecule has 0 aliphatic heterocycles.